The maximum Gasteiger partial charge on any atom is 0.289 e. The van der Waals surface area contributed by atoms with E-state index in [2.05, 4.69) is 15.6 Å². The van der Waals surface area contributed by atoms with Gasteiger partial charge in [0.2, 0.25) is 5.76 Å². The molecule has 2 aromatic rings. The highest BCUT2D eigenvalue weighted by atomic mass is 16.5. The van der Waals surface area contributed by atoms with Crippen LogP contribution in [0, 0.1) is 13.8 Å². The second-order valence-corrected chi connectivity index (χ2v) is 4.91. The zero-order valence-electron chi connectivity index (χ0n) is 13.1. The van der Waals surface area contributed by atoms with Crippen molar-refractivity contribution in [2.75, 3.05) is 25.6 Å². The van der Waals surface area contributed by atoms with E-state index >= 15 is 0 Å². The zero-order valence-corrected chi connectivity index (χ0v) is 13.1. The number of benzene rings is 1. The summed E-state index contributed by atoms with van der Waals surface area (Å²) in [5, 5.41) is 6.14. The number of amides is 1. The topological polar surface area (TPSA) is 76.4 Å². The van der Waals surface area contributed by atoms with Crippen LogP contribution in [-0.2, 0) is 11.3 Å². The number of carbonyl (C=O) groups excluding carboxylic acids is 1. The van der Waals surface area contributed by atoms with Gasteiger partial charge in [0, 0.05) is 32.8 Å². The van der Waals surface area contributed by atoms with Crippen molar-refractivity contribution in [1.29, 1.82) is 0 Å². The monoisotopic (exact) mass is 303 g/mol. The lowest BCUT2D eigenvalue weighted by molar-refractivity contribution is 0.0921. The molecule has 1 aromatic heterocycles. The van der Waals surface area contributed by atoms with Gasteiger partial charge in [-0.1, -0.05) is 18.2 Å². The fourth-order valence-electron chi connectivity index (χ4n) is 2.13. The van der Waals surface area contributed by atoms with E-state index in [9.17, 15) is 4.79 Å². The quantitative estimate of drug-likeness (QED) is 0.767. The molecule has 0 aliphatic heterocycles. The van der Waals surface area contributed by atoms with E-state index in [1.54, 1.807) is 21.0 Å². The van der Waals surface area contributed by atoms with Crippen molar-refractivity contribution in [3.8, 4) is 0 Å². The molecule has 6 heteroatoms. The summed E-state index contributed by atoms with van der Waals surface area (Å²) in [6, 6.07) is 7.83. The summed E-state index contributed by atoms with van der Waals surface area (Å²) in [6.45, 7) is 5.22. The Morgan fingerprint density at radius 3 is 2.77 bits per heavy atom. The molecule has 0 aliphatic rings. The lowest BCUT2D eigenvalue weighted by Gasteiger charge is -2.12. The van der Waals surface area contributed by atoms with Crippen LogP contribution < -0.4 is 10.6 Å². The van der Waals surface area contributed by atoms with Gasteiger partial charge in [-0.25, -0.2) is 4.98 Å². The summed E-state index contributed by atoms with van der Waals surface area (Å²) in [4.78, 5) is 16.2. The number of nitrogens with zero attached hydrogens (tertiary/aromatic N) is 1. The van der Waals surface area contributed by atoms with Gasteiger partial charge in [-0.2, -0.15) is 0 Å². The van der Waals surface area contributed by atoms with Crippen LogP contribution in [0.15, 0.2) is 28.7 Å². The number of aryl methyl sites for hydroxylation is 2. The molecule has 0 radical (unpaired) electrons. The van der Waals surface area contributed by atoms with E-state index in [-0.39, 0.29) is 11.7 Å². The molecule has 0 saturated heterocycles. The van der Waals surface area contributed by atoms with Crippen LogP contribution in [-0.4, -0.2) is 31.2 Å². The van der Waals surface area contributed by atoms with Gasteiger partial charge in [-0.15, -0.1) is 0 Å². The van der Waals surface area contributed by atoms with Crippen LogP contribution in [0.4, 0.5) is 5.69 Å². The van der Waals surface area contributed by atoms with Gasteiger partial charge in [0.05, 0.1) is 12.3 Å². The highest BCUT2D eigenvalue weighted by Crippen LogP contribution is 2.15. The molecule has 1 amide bonds. The first-order valence-electron chi connectivity index (χ1n) is 7.14. The Balaban J connectivity index is 1.99. The molecular weight excluding hydrogens is 282 g/mol. The number of methoxy groups -OCH3 is 1. The van der Waals surface area contributed by atoms with Crippen molar-refractivity contribution in [2.24, 2.45) is 0 Å². The van der Waals surface area contributed by atoms with E-state index in [4.69, 9.17) is 9.15 Å². The third kappa shape index (κ3) is 4.08. The first kappa shape index (κ1) is 16.0. The molecule has 2 N–H and O–H groups in total. The van der Waals surface area contributed by atoms with Gasteiger partial charge in [-0.3, -0.25) is 4.79 Å². The Kier molecular flexibility index (Phi) is 5.55. The van der Waals surface area contributed by atoms with Crippen LogP contribution in [0.5, 0.6) is 0 Å². The maximum absolute atomic E-state index is 12.1. The molecule has 0 atom stereocenters. The van der Waals surface area contributed by atoms with Gasteiger partial charge in [0.15, 0.2) is 5.89 Å². The molecule has 6 nitrogen and oxygen atoms in total. The zero-order chi connectivity index (χ0) is 15.9. The Morgan fingerprint density at radius 2 is 2.09 bits per heavy atom. The number of oxazole rings is 1. The van der Waals surface area contributed by atoms with Crippen LogP contribution >= 0.6 is 0 Å². The largest absolute Gasteiger partial charge is 0.436 e. The number of hydrogen-bond donors (Lipinski definition) is 2. The minimum absolute atomic E-state index is 0.259. The average molecular weight is 303 g/mol. The number of nitrogens with one attached hydrogen (secondary N) is 2. The van der Waals surface area contributed by atoms with Gasteiger partial charge in [-0.05, 0) is 18.6 Å². The van der Waals surface area contributed by atoms with Crippen LogP contribution in [0.25, 0.3) is 0 Å². The van der Waals surface area contributed by atoms with E-state index < -0.39 is 0 Å². The highest BCUT2D eigenvalue weighted by molar-refractivity contribution is 5.92. The Morgan fingerprint density at radius 1 is 1.32 bits per heavy atom. The van der Waals surface area contributed by atoms with Crippen molar-refractivity contribution in [2.45, 2.75) is 20.4 Å². The van der Waals surface area contributed by atoms with Crippen molar-refractivity contribution in [3.05, 3.63) is 47.2 Å². The van der Waals surface area contributed by atoms with Crippen LogP contribution in [0.1, 0.15) is 27.7 Å². The Hall–Kier alpha value is -2.34. The predicted octanol–water partition coefficient (Wildman–Crippen LogP) is 2.28. The van der Waals surface area contributed by atoms with E-state index in [1.807, 2.05) is 24.3 Å². The Bertz CT molecular complexity index is 637. The van der Waals surface area contributed by atoms with Crippen molar-refractivity contribution < 1.29 is 13.9 Å². The highest BCUT2D eigenvalue weighted by Gasteiger charge is 2.15. The molecule has 0 fully saturated rings. The molecule has 0 aliphatic carbocycles. The number of para-hydroxylation sites is 1. The SMILES string of the molecule is COCCNc1ccccc1CNC(=O)c1oc(C)nc1C. The number of carbonyl (C=O) groups is 1. The normalized spacial score (nSPS) is 10.5. The van der Waals surface area contributed by atoms with Gasteiger partial charge < -0.3 is 19.8 Å². The van der Waals surface area contributed by atoms with Crippen LogP contribution in [0.2, 0.25) is 0 Å². The van der Waals surface area contributed by atoms with Crippen molar-refractivity contribution >= 4 is 11.6 Å². The number of ether oxygens (including phenoxy) is 1. The molecular formula is C16H21N3O3. The van der Waals surface area contributed by atoms with Gasteiger partial charge >= 0.3 is 0 Å². The molecule has 1 aromatic carbocycles. The van der Waals surface area contributed by atoms with Gasteiger partial charge in [0.25, 0.3) is 5.91 Å². The van der Waals surface area contributed by atoms with E-state index in [1.165, 1.54) is 0 Å². The molecule has 0 spiro atoms. The fourth-order valence-corrected chi connectivity index (χ4v) is 2.13. The minimum Gasteiger partial charge on any atom is -0.436 e. The van der Waals surface area contributed by atoms with Crippen molar-refractivity contribution in [3.63, 3.8) is 0 Å². The second kappa shape index (κ2) is 7.61. The lowest BCUT2D eigenvalue weighted by Crippen LogP contribution is -2.23. The van der Waals surface area contributed by atoms with Crippen molar-refractivity contribution in [1.82, 2.24) is 10.3 Å². The Labute approximate surface area is 129 Å². The summed E-state index contributed by atoms with van der Waals surface area (Å²) in [6.07, 6.45) is 0. The summed E-state index contributed by atoms with van der Waals surface area (Å²) < 4.78 is 10.3. The summed E-state index contributed by atoms with van der Waals surface area (Å²) >= 11 is 0. The molecule has 0 bridgehead atoms. The average Bonchev–Trinajstić information content (AvgIpc) is 2.85. The maximum atomic E-state index is 12.1. The number of hydrogen-bond acceptors (Lipinski definition) is 5. The summed E-state index contributed by atoms with van der Waals surface area (Å²) in [5.74, 6) is 0.497. The summed E-state index contributed by atoms with van der Waals surface area (Å²) in [5.41, 5.74) is 2.58. The lowest BCUT2D eigenvalue weighted by atomic mass is 10.1. The van der Waals surface area contributed by atoms with Crippen LogP contribution in [0.3, 0.4) is 0 Å². The molecule has 22 heavy (non-hydrogen) atoms. The minimum atomic E-state index is -0.259. The first-order valence-corrected chi connectivity index (χ1v) is 7.14. The third-order valence-corrected chi connectivity index (χ3v) is 3.19. The predicted molar refractivity (Wildman–Crippen MR) is 84.0 cm³/mol. The number of aromatic nitrogens is 1. The first-order chi connectivity index (χ1) is 10.6. The number of rotatable bonds is 7. The number of anilines is 1. The molecule has 2 rings (SSSR count). The standard InChI is InChI=1S/C16H21N3O3/c1-11-15(22-12(2)19-11)16(20)18-10-13-6-4-5-7-14(13)17-8-9-21-3/h4-7,17H,8-10H2,1-3H3,(H,18,20). The summed E-state index contributed by atoms with van der Waals surface area (Å²) in [7, 11) is 1.66. The van der Waals surface area contributed by atoms with E-state index in [0.29, 0.717) is 31.3 Å². The van der Waals surface area contributed by atoms with E-state index in [0.717, 1.165) is 11.3 Å². The molecule has 1 heterocycles. The molecule has 0 saturated carbocycles. The third-order valence-electron chi connectivity index (χ3n) is 3.19. The molecule has 118 valence electrons. The second-order valence-electron chi connectivity index (χ2n) is 4.91. The fraction of sp³-hybridized carbons (Fsp3) is 0.375. The smallest absolute Gasteiger partial charge is 0.289 e. The molecule has 0 unspecified atom stereocenters. The van der Waals surface area contributed by atoms with Gasteiger partial charge in [0.1, 0.15) is 0 Å².